The number of fused-ring (bicyclic) bond motifs is 1. The predicted molar refractivity (Wildman–Crippen MR) is 81.2 cm³/mol. The first-order chi connectivity index (χ1) is 10.1. The van der Waals surface area contributed by atoms with Gasteiger partial charge >= 0.3 is 0 Å². The van der Waals surface area contributed by atoms with Gasteiger partial charge in [-0.15, -0.1) is 0 Å². The highest BCUT2D eigenvalue weighted by atomic mass is 35.5. The van der Waals surface area contributed by atoms with Gasteiger partial charge in [-0.05, 0) is 30.7 Å². The van der Waals surface area contributed by atoms with Gasteiger partial charge in [0, 0.05) is 35.8 Å². The van der Waals surface area contributed by atoms with Crippen molar-refractivity contribution in [1.82, 2.24) is 9.88 Å². The number of halogens is 1. The molecule has 1 N–H and O–H groups in total. The smallest absolute Gasteiger partial charge is 0.251 e. The molecule has 3 rings (SSSR count). The van der Waals surface area contributed by atoms with Crippen molar-refractivity contribution >= 4 is 40.0 Å². The first kappa shape index (κ1) is 13.8. The van der Waals surface area contributed by atoms with E-state index in [1.807, 2.05) is 12.1 Å². The summed E-state index contributed by atoms with van der Waals surface area (Å²) < 4.78 is 0. The third kappa shape index (κ3) is 2.56. The summed E-state index contributed by atoms with van der Waals surface area (Å²) in [5.74, 6) is -0.338. The SMILES string of the molecule is CN1C(=O)CCC(Nc2ccnc3cc(Cl)ccc23)C1=O. The minimum atomic E-state index is -0.394. The highest BCUT2D eigenvalue weighted by Gasteiger charge is 2.31. The summed E-state index contributed by atoms with van der Waals surface area (Å²) in [7, 11) is 1.52. The lowest BCUT2D eigenvalue weighted by Gasteiger charge is -2.29. The van der Waals surface area contributed by atoms with Crippen LogP contribution in [0.4, 0.5) is 5.69 Å². The Balaban J connectivity index is 1.92. The van der Waals surface area contributed by atoms with Crippen LogP contribution in [0.1, 0.15) is 12.8 Å². The lowest BCUT2D eigenvalue weighted by atomic mass is 10.0. The van der Waals surface area contributed by atoms with Crippen LogP contribution in [-0.4, -0.2) is 34.8 Å². The summed E-state index contributed by atoms with van der Waals surface area (Å²) in [5, 5.41) is 4.73. The van der Waals surface area contributed by atoms with Crippen LogP contribution in [0.25, 0.3) is 10.9 Å². The molecule has 0 saturated carbocycles. The summed E-state index contributed by atoms with van der Waals surface area (Å²) in [5.41, 5.74) is 1.58. The predicted octanol–water partition coefficient (Wildman–Crippen LogP) is 2.45. The molecular formula is C15H14ClN3O2. The molecule has 1 aromatic heterocycles. The van der Waals surface area contributed by atoms with Gasteiger partial charge in [-0.1, -0.05) is 11.6 Å². The number of imide groups is 1. The van der Waals surface area contributed by atoms with Crippen molar-refractivity contribution in [3.8, 4) is 0 Å². The van der Waals surface area contributed by atoms with E-state index in [0.29, 0.717) is 17.9 Å². The number of piperidine rings is 1. The van der Waals surface area contributed by atoms with Gasteiger partial charge in [-0.25, -0.2) is 0 Å². The second-order valence-electron chi connectivity index (χ2n) is 5.05. The maximum Gasteiger partial charge on any atom is 0.251 e. The van der Waals surface area contributed by atoms with Crippen molar-refractivity contribution in [2.75, 3.05) is 12.4 Å². The first-order valence-corrected chi connectivity index (χ1v) is 7.05. The van der Waals surface area contributed by atoms with Crippen LogP contribution >= 0.6 is 11.6 Å². The Bertz CT molecular complexity index is 732. The molecule has 108 valence electrons. The van der Waals surface area contributed by atoms with E-state index in [0.717, 1.165) is 16.6 Å². The molecule has 1 fully saturated rings. The summed E-state index contributed by atoms with van der Waals surface area (Å²) in [6, 6.07) is 6.86. The zero-order chi connectivity index (χ0) is 15.0. The molecule has 2 heterocycles. The van der Waals surface area contributed by atoms with Crippen molar-refractivity contribution in [3.63, 3.8) is 0 Å². The number of nitrogens with one attached hydrogen (secondary N) is 1. The highest BCUT2D eigenvalue weighted by Crippen LogP contribution is 2.26. The van der Waals surface area contributed by atoms with Crippen LogP contribution in [0.2, 0.25) is 5.02 Å². The zero-order valence-corrected chi connectivity index (χ0v) is 12.2. The molecule has 0 radical (unpaired) electrons. The second-order valence-corrected chi connectivity index (χ2v) is 5.48. The van der Waals surface area contributed by atoms with Gasteiger partial charge < -0.3 is 5.32 Å². The Morgan fingerprint density at radius 3 is 2.95 bits per heavy atom. The monoisotopic (exact) mass is 303 g/mol. The maximum atomic E-state index is 12.1. The van der Waals surface area contributed by atoms with E-state index in [9.17, 15) is 9.59 Å². The molecule has 1 atom stereocenters. The molecule has 1 aliphatic heterocycles. The van der Waals surface area contributed by atoms with Crippen molar-refractivity contribution in [2.24, 2.45) is 0 Å². The minimum absolute atomic E-state index is 0.135. The fraction of sp³-hybridized carbons (Fsp3) is 0.267. The Morgan fingerprint density at radius 2 is 2.14 bits per heavy atom. The average molecular weight is 304 g/mol. The molecule has 1 saturated heterocycles. The Hall–Kier alpha value is -2.14. The van der Waals surface area contributed by atoms with E-state index in [4.69, 9.17) is 11.6 Å². The first-order valence-electron chi connectivity index (χ1n) is 6.67. The van der Waals surface area contributed by atoms with Crippen molar-refractivity contribution in [1.29, 1.82) is 0 Å². The molecule has 6 heteroatoms. The molecule has 1 aliphatic rings. The molecule has 5 nitrogen and oxygen atoms in total. The number of carbonyl (C=O) groups excluding carboxylic acids is 2. The number of hydrogen-bond acceptors (Lipinski definition) is 4. The van der Waals surface area contributed by atoms with Crippen molar-refractivity contribution < 1.29 is 9.59 Å². The van der Waals surface area contributed by atoms with E-state index >= 15 is 0 Å². The summed E-state index contributed by atoms with van der Waals surface area (Å²) >= 11 is 5.96. The molecule has 0 bridgehead atoms. The Kier molecular flexibility index (Phi) is 3.51. The number of rotatable bonds is 2. The fourth-order valence-electron chi connectivity index (χ4n) is 2.48. The topological polar surface area (TPSA) is 62.3 Å². The van der Waals surface area contributed by atoms with Crippen LogP contribution in [0.15, 0.2) is 30.5 Å². The van der Waals surface area contributed by atoms with Gasteiger partial charge in [0.05, 0.1) is 5.52 Å². The summed E-state index contributed by atoms with van der Waals surface area (Å²) in [6.07, 6.45) is 2.54. The number of nitrogens with zero attached hydrogens (tertiary/aromatic N) is 2. The standard InChI is InChI=1S/C15H14ClN3O2/c1-19-14(20)5-4-12(15(19)21)18-11-6-7-17-13-8-9(16)2-3-10(11)13/h2-3,6-8,12H,4-5H2,1H3,(H,17,18). The summed E-state index contributed by atoms with van der Waals surface area (Å²) in [6.45, 7) is 0. The third-order valence-electron chi connectivity index (χ3n) is 3.68. The number of carbonyl (C=O) groups is 2. The van der Waals surface area contributed by atoms with Crippen LogP contribution in [0.5, 0.6) is 0 Å². The van der Waals surface area contributed by atoms with E-state index in [1.54, 1.807) is 18.3 Å². The molecule has 0 spiro atoms. The largest absolute Gasteiger partial charge is 0.373 e. The Morgan fingerprint density at radius 1 is 1.33 bits per heavy atom. The van der Waals surface area contributed by atoms with E-state index in [-0.39, 0.29) is 11.8 Å². The van der Waals surface area contributed by atoms with Gasteiger partial charge in [0.25, 0.3) is 5.91 Å². The van der Waals surface area contributed by atoms with Gasteiger partial charge in [-0.3, -0.25) is 19.5 Å². The number of aromatic nitrogens is 1. The number of likely N-dealkylation sites (tertiary alicyclic amines) is 1. The highest BCUT2D eigenvalue weighted by molar-refractivity contribution is 6.31. The lowest BCUT2D eigenvalue weighted by molar-refractivity contribution is -0.146. The molecular weight excluding hydrogens is 290 g/mol. The molecule has 2 amide bonds. The van der Waals surface area contributed by atoms with E-state index in [1.165, 1.54) is 11.9 Å². The fourth-order valence-corrected chi connectivity index (χ4v) is 2.65. The molecule has 21 heavy (non-hydrogen) atoms. The van der Waals surface area contributed by atoms with Gasteiger partial charge in [0.15, 0.2) is 0 Å². The molecule has 0 aliphatic carbocycles. The van der Waals surface area contributed by atoms with E-state index < -0.39 is 6.04 Å². The summed E-state index contributed by atoms with van der Waals surface area (Å²) in [4.78, 5) is 29.1. The molecule has 2 aromatic rings. The number of amides is 2. The zero-order valence-electron chi connectivity index (χ0n) is 11.5. The number of hydrogen-bond donors (Lipinski definition) is 1. The van der Waals surface area contributed by atoms with Gasteiger partial charge in [-0.2, -0.15) is 0 Å². The van der Waals surface area contributed by atoms with Crippen molar-refractivity contribution in [2.45, 2.75) is 18.9 Å². The number of likely N-dealkylation sites (N-methyl/N-ethyl adjacent to an activating group) is 1. The van der Waals surface area contributed by atoms with E-state index in [2.05, 4.69) is 10.3 Å². The number of benzene rings is 1. The lowest BCUT2D eigenvalue weighted by Crippen LogP contribution is -2.48. The quantitative estimate of drug-likeness (QED) is 0.866. The third-order valence-corrected chi connectivity index (χ3v) is 3.92. The molecule has 1 aromatic carbocycles. The second kappa shape index (κ2) is 5.33. The normalized spacial score (nSPS) is 19.1. The van der Waals surface area contributed by atoms with Crippen LogP contribution in [0, 0.1) is 0 Å². The van der Waals surface area contributed by atoms with Crippen LogP contribution in [-0.2, 0) is 9.59 Å². The van der Waals surface area contributed by atoms with Crippen LogP contribution < -0.4 is 5.32 Å². The number of anilines is 1. The minimum Gasteiger partial charge on any atom is -0.373 e. The average Bonchev–Trinajstić information content (AvgIpc) is 2.48. The van der Waals surface area contributed by atoms with Gasteiger partial charge in [0.2, 0.25) is 5.91 Å². The molecule has 1 unspecified atom stereocenters. The van der Waals surface area contributed by atoms with Gasteiger partial charge in [0.1, 0.15) is 6.04 Å². The van der Waals surface area contributed by atoms with Crippen molar-refractivity contribution in [3.05, 3.63) is 35.5 Å². The number of pyridine rings is 1. The maximum absolute atomic E-state index is 12.1. The Labute approximate surface area is 126 Å². The van der Waals surface area contributed by atoms with Crippen LogP contribution in [0.3, 0.4) is 0 Å².